The molecule has 2 aromatic heterocycles. The van der Waals surface area contributed by atoms with Crippen LogP contribution in [0.25, 0.3) is 0 Å². The van der Waals surface area contributed by atoms with Gasteiger partial charge in [0.05, 0.1) is 0 Å². The van der Waals surface area contributed by atoms with Gasteiger partial charge in [-0.2, -0.15) is 11.3 Å². The maximum Gasteiger partial charge on any atom is 0.0391 e. The molecule has 1 N–H and O–H groups in total. The van der Waals surface area contributed by atoms with Crippen LogP contribution in [0.1, 0.15) is 36.4 Å². The van der Waals surface area contributed by atoms with Crippen molar-refractivity contribution in [1.29, 1.82) is 0 Å². The lowest BCUT2D eigenvalue weighted by molar-refractivity contribution is 0.501. The van der Waals surface area contributed by atoms with Crippen molar-refractivity contribution in [3.63, 3.8) is 0 Å². The summed E-state index contributed by atoms with van der Waals surface area (Å²) in [4.78, 5) is 1.37. The lowest BCUT2D eigenvalue weighted by Gasteiger charge is -2.18. The van der Waals surface area contributed by atoms with Crippen molar-refractivity contribution in [1.82, 2.24) is 5.32 Å². The van der Waals surface area contributed by atoms with E-state index in [1.807, 2.05) is 0 Å². The van der Waals surface area contributed by atoms with E-state index < -0.39 is 0 Å². The first kappa shape index (κ1) is 12.3. The Morgan fingerprint density at radius 2 is 2.06 bits per heavy atom. The molecular formula is C12H14BrNS2. The summed E-state index contributed by atoms with van der Waals surface area (Å²) in [6.07, 6.45) is 0. The van der Waals surface area contributed by atoms with Gasteiger partial charge in [0.1, 0.15) is 0 Å². The fraction of sp³-hybridized carbons (Fsp3) is 0.333. The molecule has 0 bridgehead atoms. The number of hydrogen-bond acceptors (Lipinski definition) is 3. The van der Waals surface area contributed by atoms with Crippen molar-refractivity contribution in [2.45, 2.75) is 25.9 Å². The van der Waals surface area contributed by atoms with Crippen LogP contribution in [0.3, 0.4) is 0 Å². The third-order valence-corrected chi connectivity index (χ3v) is 5.14. The minimum atomic E-state index is 0.395. The summed E-state index contributed by atoms with van der Waals surface area (Å²) in [7, 11) is 0. The number of hydrogen-bond donors (Lipinski definition) is 1. The van der Waals surface area contributed by atoms with Gasteiger partial charge < -0.3 is 5.32 Å². The second-order valence-corrected chi connectivity index (χ2v) is 6.47. The zero-order chi connectivity index (χ0) is 11.5. The molecule has 2 atom stereocenters. The molecule has 4 heteroatoms. The summed E-state index contributed by atoms with van der Waals surface area (Å²) in [5.41, 5.74) is 1.37. The normalized spacial score (nSPS) is 14.9. The quantitative estimate of drug-likeness (QED) is 0.838. The molecule has 2 heterocycles. The SMILES string of the molecule is CC(NC(C)c1cc(Br)cs1)c1ccsc1. The lowest BCUT2D eigenvalue weighted by Crippen LogP contribution is -2.21. The Morgan fingerprint density at radius 3 is 2.62 bits per heavy atom. The molecule has 0 fully saturated rings. The van der Waals surface area contributed by atoms with Gasteiger partial charge >= 0.3 is 0 Å². The minimum absolute atomic E-state index is 0.395. The van der Waals surface area contributed by atoms with Gasteiger partial charge in [-0.1, -0.05) is 0 Å². The predicted molar refractivity (Wildman–Crippen MR) is 76.3 cm³/mol. The summed E-state index contributed by atoms with van der Waals surface area (Å²) in [6, 6.07) is 5.16. The van der Waals surface area contributed by atoms with Gasteiger partial charge in [0.15, 0.2) is 0 Å². The standard InChI is InChI=1S/C12H14BrNS2/c1-8(10-3-4-15-6-10)14-9(2)12-5-11(13)7-16-12/h3-9,14H,1-2H3. The molecule has 0 aliphatic carbocycles. The monoisotopic (exact) mass is 315 g/mol. The number of rotatable bonds is 4. The number of thiophene rings is 2. The molecule has 1 nitrogen and oxygen atoms in total. The Kier molecular flexibility index (Phi) is 4.19. The highest BCUT2D eigenvalue weighted by molar-refractivity contribution is 9.10. The Bertz CT molecular complexity index is 436. The highest BCUT2D eigenvalue weighted by atomic mass is 79.9. The van der Waals surface area contributed by atoms with Crippen LogP contribution in [0.2, 0.25) is 0 Å². The molecule has 0 aromatic carbocycles. The van der Waals surface area contributed by atoms with Crippen molar-refractivity contribution in [3.05, 3.63) is 43.2 Å². The smallest absolute Gasteiger partial charge is 0.0391 e. The summed E-state index contributed by atoms with van der Waals surface area (Å²) in [6.45, 7) is 4.42. The summed E-state index contributed by atoms with van der Waals surface area (Å²) in [5, 5.41) is 10.1. The maximum atomic E-state index is 3.61. The van der Waals surface area contributed by atoms with Crippen molar-refractivity contribution >= 4 is 38.6 Å². The molecule has 2 rings (SSSR count). The van der Waals surface area contributed by atoms with E-state index in [2.05, 4.69) is 63.4 Å². The summed E-state index contributed by atoms with van der Waals surface area (Å²) >= 11 is 7.03. The van der Waals surface area contributed by atoms with Crippen molar-refractivity contribution in [2.75, 3.05) is 0 Å². The van der Waals surface area contributed by atoms with E-state index >= 15 is 0 Å². The van der Waals surface area contributed by atoms with E-state index in [-0.39, 0.29) is 0 Å². The first-order valence-corrected chi connectivity index (χ1v) is 7.80. The summed E-state index contributed by atoms with van der Waals surface area (Å²) in [5.74, 6) is 0. The van der Waals surface area contributed by atoms with Crippen molar-refractivity contribution in [2.24, 2.45) is 0 Å². The molecule has 0 aliphatic heterocycles. The van der Waals surface area contributed by atoms with Gasteiger partial charge in [-0.25, -0.2) is 0 Å². The average molecular weight is 316 g/mol. The second-order valence-electron chi connectivity index (χ2n) is 3.83. The molecule has 2 aromatic rings. The van der Waals surface area contributed by atoms with Crippen molar-refractivity contribution < 1.29 is 0 Å². The van der Waals surface area contributed by atoms with Gasteiger partial charge in [-0.05, 0) is 58.2 Å². The Hall–Kier alpha value is -0.160. The van der Waals surface area contributed by atoms with Gasteiger partial charge in [-0.3, -0.25) is 0 Å². The highest BCUT2D eigenvalue weighted by Crippen LogP contribution is 2.27. The number of halogens is 1. The molecule has 0 radical (unpaired) electrons. The average Bonchev–Trinajstić information content (AvgIpc) is 2.87. The van der Waals surface area contributed by atoms with E-state index in [9.17, 15) is 0 Å². The molecule has 0 amide bonds. The van der Waals surface area contributed by atoms with Gasteiger partial charge in [-0.15, -0.1) is 11.3 Å². The molecule has 86 valence electrons. The number of nitrogens with one attached hydrogen (secondary N) is 1. The lowest BCUT2D eigenvalue weighted by atomic mass is 10.1. The zero-order valence-electron chi connectivity index (χ0n) is 9.24. The summed E-state index contributed by atoms with van der Waals surface area (Å²) < 4.78 is 1.17. The van der Waals surface area contributed by atoms with Crippen LogP contribution in [0.5, 0.6) is 0 Å². The van der Waals surface area contributed by atoms with Crippen LogP contribution in [0, 0.1) is 0 Å². The molecular weight excluding hydrogens is 302 g/mol. The second kappa shape index (κ2) is 5.45. The molecule has 0 spiro atoms. The van der Waals surface area contributed by atoms with Crippen LogP contribution < -0.4 is 5.32 Å². The first-order chi connectivity index (χ1) is 7.66. The molecule has 0 saturated heterocycles. The van der Waals surface area contributed by atoms with Crippen LogP contribution in [0.15, 0.2) is 32.7 Å². The maximum absolute atomic E-state index is 3.61. The fourth-order valence-corrected chi connectivity index (χ4v) is 3.85. The third kappa shape index (κ3) is 2.94. The van der Waals surface area contributed by atoms with Gasteiger partial charge in [0.25, 0.3) is 0 Å². The van der Waals surface area contributed by atoms with Crippen molar-refractivity contribution in [3.8, 4) is 0 Å². The van der Waals surface area contributed by atoms with Crippen LogP contribution in [-0.2, 0) is 0 Å². The Morgan fingerprint density at radius 1 is 1.25 bits per heavy atom. The van der Waals surface area contributed by atoms with E-state index in [1.54, 1.807) is 22.7 Å². The minimum Gasteiger partial charge on any atom is -0.303 e. The van der Waals surface area contributed by atoms with E-state index in [0.717, 1.165) is 0 Å². The topological polar surface area (TPSA) is 12.0 Å². The highest BCUT2D eigenvalue weighted by Gasteiger charge is 2.12. The largest absolute Gasteiger partial charge is 0.303 e. The molecule has 0 aliphatic rings. The fourth-order valence-electron chi connectivity index (χ4n) is 1.63. The molecule has 16 heavy (non-hydrogen) atoms. The first-order valence-electron chi connectivity index (χ1n) is 5.19. The van der Waals surface area contributed by atoms with Crippen LogP contribution in [0.4, 0.5) is 0 Å². The van der Waals surface area contributed by atoms with Crippen LogP contribution >= 0.6 is 38.6 Å². The Balaban J connectivity index is 2.00. The zero-order valence-corrected chi connectivity index (χ0v) is 12.5. The van der Waals surface area contributed by atoms with Crippen LogP contribution in [-0.4, -0.2) is 0 Å². The predicted octanol–water partition coefficient (Wildman–Crippen LogP) is 4.98. The van der Waals surface area contributed by atoms with E-state index in [4.69, 9.17) is 0 Å². The third-order valence-electron chi connectivity index (χ3n) is 2.56. The molecule has 0 saturated carbocycles. The van der Waals surface area contributed by atoms with E-state index in [1.165, 1.54) is 14.9 Å². The van der Waals surface area contributed by atoms with E-state index in [0.29, 0.717) is 12.1 Å². The van der Waals surface area contributed by atoms with Gasteiger partial charge in [0, 0.05) is 26.8 Å². The van der Waals surface area contributed by atoms with Gasteiger partial charge in [0.2, 0.25) is 0 Å². The molecule has 2 unspecified atom stereocenters. The Labute approximate surface area is 113 Å².